The van der Waals surface area contributed by atoms with Gasteiger partial charge in [0.1, 0.15) is 0 Å². The van der Waals surface area contributed by atoms with Crippen LogP contribution in [0.25, 0.3) is 0 Å². The van der Waals surface area contributed by atoms with E-state index in [1.807, 2.05) is 19.9 Å². The van der Waals surface area contributed by atoms with Gasteiger partial charge in [-0.2, -0.15) is 0 Å². The van der Waals surface area contributed by atoms with Crippen LogP contribution in [0, 0.1) is 6.92 Å². The third-order valence-corrected chi connectivity index (χ3v) is 4.25. The van der Waals surface area contributed by atoms with Crippen molar-refractivity contribution in [1.29, 1.82) is 0 Å². The molecule has 1 aliphatic rings. The van der Waals surface area contributed by atoms with Gasteiger partial charge >= 0.3 is 11.8 Å². The first-order valence-corrected chi connectivity index (χ1v) is 7.87. The molecule has 120 valence electrons. The van der Waals surface area contributed by atoms with Crippen molar-refractivity contribution in [3.8, 4) is 0 Å². The van der Waals surface area contributed by atoms with Crippen molar-refractivity contribution < 1.29 is 14.3 Å². The van der Waals surface area contributed by atoms with Gasteiger partial charge in [-0.3, -0.25) is 9.59 Å². The molecule has 1 aliphatic heterocycles. The van der Waals surface area contributed by atoms with Crippen LogP contribution in [0.5, 0.6) is 0 Å². The molecule has 0 radical (unpaired) electrons. The van der Waals surface area contributed by atoms with Crippen molar-refractivity contribution in [2.24, 2.45) is 0 Å². The molecule has 0 unspecified atom stereocenters. The number of hydrogen-bond donors (Lipinski definition) is 1. The minimum absolute atomic E-state index is 0.0271. The summed E-state index contributed by atoms with van der Waals surface area (Å²) in [5.41, 5.74) is 1.30. The summed E-state index contributed by atoms with van der Waals surface area (Å²) in [6.07, 6.45) is 1.95. The van der Waals surface area contributed by atoms with E-state index >= 15 is 0 Å². The molecule has 0 bridgehead atoms. The molecule has 1 saturated heterocycles. The number of hydrogen-bond acceptors (Lipinski definition) is 3. The van der Waals surface area contributed by atoms with E-state index in [2.05, 4.69) is 5.32 Å². The highest BCUT2D eigenvalue weighted by Gasteiger charge is 2.26. The number of amides is 2. The fourth-order valence-electron chi connectivity index (χ4n) is 2.45. The first kappa shape index (κ1) is 16.8. The van der Waals surface area contributed by atoms with Crippen LogP contribution >= 0.6 is 11.6 Å². The minimum atomic E-state index is -0.674. The Kier molecular flexibility index (Phi) is 5.80. The van der Waals surface area contributed by atoms with Gasteiger partial charge in [-0.1, -0.05) is 23.7 Å². The quantitative estimate of drug-likeness (QED) is 0.866. The molecule has 0 saturated carbocycles. The minimum Gasteiger partial charge on any atom is -0.376 e. The maximum atomic E-state index is 12.3. The molecule has 22 heavy (non-hydrogen) atoms. The first-order valence-electron chi connectivity index (χ1n) is 7.50. The van der Waals surface area contributed by atoms with Gasteiger partial charge in [-0.05, 0) is 38.3 Å². The molecule has 2 rings (SSSR count). The van der Waals surface area contributed by atoms with E-state index in [1.165, 1.54) is 4.90 Å². The Morgan fingerprint density at radius 2 is 2.23 bits per heavy atom. The van der Waals surface area contributed by atoms with Crippen LogP contribution in [0.15, 0.2) is 18.2 Å². The summed E-state index contributed by atoms with van der Waals surface area (Å²) < 4.78 is 5.52. The number of halogens is 1. The second-order valence-electron chi connectivity index (χ2n) is 5.37. The van der Waals surface area contributed by atoms with E-state index < -0.39 is 11.8 Å². The van der Waals surface area contributed by atoms with Crippen LogP contribution in [-0.2, 0) is 14.3 Å². The average Bonchev–Trinajstić information content (AvgIpc) is 3.01. The zero-order chi connectivity index (χ0) is 16.1. The van der Waals surface area contributed by atoms with Crippen LogP contribution < -0.4 is 5.32 Å². The van der Waals surface area contributed by atoms with Gasteiger partial charge < -0.3 is 15.0 Å². The smallest absolute Gasteiger partial charge is 0.313 e. The maximum absolute atomic E-state index is 12.3. The molecule has 1 heterocycles. The second-order valence-corrected chi connectivity index (χ2v) is 5.75. The molecule has 0 aromatic heterocycles. The molecule has 2 amide bonds. The number of ether oxygens (including phenoxy) is 1. The first-order chi connectivity index (χ1) is 10.5. The van der Waals surface area contributed by atoms with Crippen LogP contribution in [0.3, 0.4) is 0 Å². The van der Waals surface area contributed by atoms with Gasteiger partial charge in [0, 0.05) is 19.7 Å². The van der Waals surface area contributed by atoms with Gasteiger partial charge in [0.2, 0.25) is 0 Å². The lowest BCUT2D eigenvalue weighted by atomic mass is 10.2. The van der Waals surface area contributed by atoms with Crippen LogP contribution in [-0.4, -0.2) is 42.5 Å². The van der Waals surface area contributed by atoms with Crippen LogP contribution in [0.4, 0.5) is 5.69 Å². The predicted octanol–water partition coefficient (Wildman–Crippen LogP) is 2.61. The third-order valence-electron chi connectivity index (χ3n) is 3.75. The highest BCUT2D eigenvalue weighted by molar-refractivity contribution is 6.41. The third kappa shape index (κ3) is 3.99. The number of anilines is 1. The van der Waals surface area contributed by atoms with Gasteiger partial charge in [-0.25, -0.2) is 0 Å². The molecule has 6 heteroatoms. The van der Waals surface area contributed by atoms with Gasteiger partial charge in [-0.15, -0.1) is 0 Å². The summed E-state index contributed by atoms with van der Waals surface area (Å²) >= 11 is 6.13. The molecular weight excluding hydrogens is 304 g/mol. The second kappa shape index (κ2) is 7.61. The summed E-state index contributed by atoms with van der Waals surface area (Å²) in [4.78, 5) is 25.9. The van der Waals surface area contributed by atoms with Crippen molar-refractivity contribution >= 4 is 29.1 Å². The Labute approximate surface area is 135 Å². The van der Waals surface area contributed by atoms with Gasteiger partial charge in [0.25, 0.3) is 0 Å². The number of benzene rings is 1. The molecule has 1 atom stereocenters. The summed E-state index contributed by atoms with van der Waals surface area (Å²) in [7, 11) is 0. The van der Waals surface area contributed by atoms with E-state index in [9.17, 15) is 9.59 Å². The van der Waals surface area contributed by atoms with E-state index in [4.69, 9.17) is 16.3 Å². The molecule has 0 aliphatic carbocycles. The fraction of sp³-hybridized carbons (Fsp3) is 0.500. The summed E-state index contributed by atoms with van der Waals surface area (Å²) in [5.74, 6) is -1.23. The number of aryl methyl sites for hydroxylation is 1. The van der Waals surface area contributed by atoms with E-state index in [1.54, 1.807) is 12.1 Å². The lowest BCUT2D eigenvalue weighted by Gasteiger charge is -2.23. The lowest BCUT2D eigenvalue weighted by Crippen LogP contribution is -2.43. The number of likely N-dealkylation sites (N-methyl/N-ethyl adjacent to an activating group) is 1. The molecule has 1 fully saturated rings. The Morgan fingerprint density at radius 3 is 2.86 bits per heavy atom. The largest absolute Gasteiger partial charge is 0.376 e. The Balaban J connectivity index is 2.00. The SMILES string of the molecule is CCN(C[C@H]1CCCO1)C(=O)C(=O)Nc1cccc(C)c1Cl. The highest BCUT2D eigenvalue weighted by Crippen LogP contribution is 2.25. The summed E-state index contributed by atoms with van der Waals surface area (Å²) in [6.45, 7) is 5.33. The topological polar surface area (TPSA) is 58.6 Å². The molecule has 1 aromatic carbocycles. The number of carbonyl (C=O) groups is 2. The Hall–Kier alpha value is -1.59. The zero-order valence-electron chi connectivity index (χ0n) is 12.9. The fourth-order valence-corrected chi connectivity index (χ4v) is 2.63. The normalized spacial score (nSPS) is 17.3. The van der Waals surface area contributed by atoms with Gasteiger partial charge in [0.05, 0.1) is 16.8 Å². The number of rotatable bonds is 4. The van der Waals surface area contributed by atoms with Crippen LogP contribution in [0.2, 0.25) is 5.02 Å². The molecular formula is C16H21ClN2O3. The molecule has 5 nitrogen and oxygen atoms in total. The highest BCUT2D eigenvalue weighted by atomic mass is 35.5. The Morgan fingerprint density at radius 1 is 1.45 bits per heavy atom. The van der Waals surface area contributed by atoms with Gasteiger partial charge in [0.15, 0.2) is 0 Å². The monoisotopic (exact) mass is 324 g/mol. The maximum Gasteiger partial charge on any atom is 0.313 e. The van der Waals surface area contributed by atoms with Crippen molar-refractivity contribution in [2.75, 3.05) is 25.0 Å². The zero-order valence-corrected chi connectivity index (χ0v) is 13.7. The number of nitrogens with one attached hydrogen (secondary N) is 1. The summed E-state index contributed by atoms with van der Waals surface area (Å²) in [6, 6.07) is 5.30. The average molecular weight is 325 g/mol. The van der Waals surface area contributed by atoms with Crippen molar-refractivity contribution in [1.82, 2.24) is 4.90 Å². The lowest BCUT2D eigenvalue weighted by molar-refractivity contribution is -0.144. The molecule has 1 N–H and O–H groups in total. The van der Waals surface area contributed by atoms with Crippen molar-refractivity contribution in [3.05, 3.63) is 28.8 Å². The van der Waals surface area contributed by atoms with Crippen molar-refractivity contribution in [3.63, 3.8) is 0 Å². The standard InChI is InChI=1S/C16H21ClN2O3/c1-3-19(10-12-7-5-9-22-12)16(21)15(20)18-13-8-4-6-11(2)14(13)17/h4,6,8,12H,3,5,7,9-10H2,1-2H3,(H,18,20)/t12-/m1/s1. The van der Waals surface area contributed by atoms with E-state index in [0.717, 1.165) is 25.0 Å². The van der Waals surface area contributed by atoms with Crippen molar-refractivity contribution in [2.45, 2.75) is 32.8 Å². The van der Waals surface area contributed by atoms with Crippen LogP contribution in [0.1, 0.15) is 25.3 Å². The molecule has 1 aromatic rings. The molecule has 0 spiro atoms. The number of carbonyl (C=O) groups excluding carboxylic acids is 2. The van der Waals surface area contributed by atoms with E-state index in [-0.39, 0.29) is 6.10 Å². The summed E-state index contributed by atoms with van der Waals surface area (Å²) in [5, 5.41) is 3.04. The van der Waals surface area contributed by atoms with E-state index in [0.29, 0.717) is 23.8 Å². The number of nitrogens with zero attached hydrogens (tertiary/aromatic N) is 1. The predicted molar refractivity (Wildman–Crippen MR) is 86.0 cm³/mol. The Bertz CT molecular complexity index is 556.